The molecule has 0 amide bonds. The molecule has 3 unspecified atom stereocenters. The van der Waals surface area contributed by atoms with Crippen molar-refractivity contribution in [3.8, 4) is 0 Å². The molecule has 0 nitrogen and oxygen atoms in total. The Kier molecular flexibility index (Phi) is 7.31. The minimum absolute atomic E-state index is 0.802. The van der Waals surface area contributed by atoms with E-state index in [1.165, 1.54) is 25.7 Å². The normalized spacial score (nSPS) is 18.2. The first-order valence-corrected chi connectivity index (χ1v) is 6.37. The fourth-order valence-electron chi connectivity index (χ4n) is 2.26. The molecule has 1 radical (unpaired) electrons. The molecule has 0 rings (SSSR count). The van der Waals surface area contributed by atoms with Crippen molar-refractivity contribution in [1.82, 2.24) is 0 Å². The van der Waals surface area contributed by atoms with E-state index in [4.69, 9.17) is 0 Å². The SMILES string of the molecule is CCCC(C)[C](C)C(C)C(C)CCC. The van der Waals surface area contributed by atoms with Gasteiger partial charge in [-0.1, -0.05) is 67.2 Å². The van der Waals surface area contributed by atoms with Crippen LogP contribution in [0.5, 0.6) is 0 Å². The summed E-state index contributed by atoms with van der Waals surface area (Å²) in [5.41, 5.74) is 0. The highest BCUT2D eigenvalue weighted by Gasteiger charge is 2.23. The molecular weight excluding hydrogens is 168 g/mol. The van der Waals surface area contributed by atoms with Crippen molar-refractivity contribution in [2.45, 2.75) is 67.2 Å². The second kappa shape index (κ2) is 7.31. The lowest BCUT2D eigenvalue weighted by atomic mass is 9.75. The summed E-state index contributed by atoms with van der Waals surface area (Å²) in [6.45, 7) is 14.1. The Morgan fingerprint density at radius 2 is 1.43 bits per heavy atom. The van der Waals surface area contributed by atoms with Crippen molar-refractivity contribution >= 4 is 0 Å². The standard InChI is InChI=1S/C14H29/c1-7-9-11(3)13(5)14(6)12(4)10-8-2/h11-13H,7-10H2,1-6H3. The fourth-order valence-corrected chi connectivity index (χ4v) is 2.26. The average molecular weight is 197 g/mol. The lowest BCUT2D eigenvalue weighted by molar-refractivity contribution is 0.325. The van der Waals surface area contributed by atoms with E-state index in [9.17, 15) is 0 Å². The predicted octanol–water partition coefficient (Wildman–Crippen LogP) is 5.09. The van der Waals surface area contributed by atoms with Crippen LogP contribution >= 0.6 is 0 Å². The maximum absolute atomic E-state index is 2.40. The van der Waals surface area contributed by atoms with Crippen molar-refractivity contribution in [3.05, 3.63) is 5.92 Å². The van der Waals surface area contributed by atoms with Gasteiger partial charge < -0.3 is 0 Å². The van der Waals surface area contributed by atoms with Gasteiger partial charge in [-0.05, 0) is 23.7 Å². The second-order valence-electron chi connectivity index (χ2n) is 4.99. The maximum atomic E-state index is 2.40. The third-order valence-electron chi connectivity index (χ3n) is 3.81. The van der Waals surface area contributed by atoms with Gasteiger partial charge in [-0.2, -0.15) is 0 Å². The van der Waals surface area contributed by atoms with Gasteiger partial charge in [0, 0.05) is 0 Å². The average Bonchev–Trinajstić information content (AvgIpc) is 2.16. The molecule has 0 spiro atoms. The molecule has 0 fully saturated rings. The fraction of sp³-hybridized carbons (Fsp3) is 0.929. The van der Waals surface area contributed by atoms with Crippen LogP contribution in [0.15, 0.2) is 0 Å². The molecule has 0 aliphatic heterocycles. The summed E-state index contributed by atoms with van der Waals surface area (Å²) in [5.74, 6) is 4.19. The second-order valence-corrected chi connectivity index (χ2v) is 4.99. The molecule has 0 aliphatic rings. The Labute approximate surface area is 91.5 Å². The topological polar surface area (TPSA) is 0 Å². The van der Waals surface area contributed by atoms with Crippen LogP contribution in [0.4, 0.5) is 0 Å². The Morgan fingerprint density at radius 1 is 0.929 bits per heavy atom. The molecule has 0 aromatic rings. The van der Waals surface area contributed by atoms with Gasteiger partial charge >= 0.3 is 0 Å². The van der Waals surface area contributed by atoms with Gasteiger partial charge in [-0.3, -0.25) is 0 Å². The molecule has 3 atom stereocenters. The van der Waals surface area contributed by atoms with Crippen molar-refractivity contribution in [2.24, 2.45) is 17.8 Å². The van der Waals surface area contributed by atoms with Gasteiger partial charge in [0.25, 0.3) is 0 Å². The third kappa shape index (κ3) is 4.48. The molecule has 85 valence electrons. The van der Waals surface area contributed by atoms with Crippen LogP contribution in [0.1, 0.15) is 67.2 Å². The van der Waals surface area contributed by atoms with E-state index in [-0.39, 0.29) is 0 Å². The molecule has 0 aliphatic carbocycles. The zero-order valence-corrected chi connectivity index (χ0v) is 11.1. The van der Waals surface area contributed by atoms with Gasteiger partial charge in [0.1, 0.15) is 0 Å². The summed E-state index contributed by atoms with van der Waals surface area (Å²) in [4.78, 5) is 0. The predicted molar refractivity (Wildman–Crippen MR) is 66.2 cm³/mol. The quantitative estimate of drug-likeness (QED) is 0.533. The van der Waals surface area contributed by atoms with Gasteiger partial charge in [0.15, 0.2) is 0 Å². The summed E-state index contributed by atoms with van der Waals surface area (Å²) in [7, 11) is 0. The molecular formula is C14H29. The van der Waals surface area contributed by atoms with Crippen LogP contribution in [0.3, 0.4) is 0 Å². The smallest absolute Gasteiger partial charge is 0.0213 e. The highest BCUT2D eigenvalue weighted by atomic mass is 14.3. The van der Waals surface area contributed by atoms with Gasteiger partial charge in [-0.25, -0.2) is 0 Å². The van der Waals surface area contributed by atoms with Crippen LogP contribution in [-0.4, -0.2) is 0 Å². The van der Waals surface area contributed by atoms with Crippen molar-refractivity contribution < 1.29 is 0 Å². The zero-order valence-electron chi connectivity index (χ0n) is 11.1. The Morgan fingerprint density at radius 3 is 1.86 bits per heavy atom. The third-order valence-corrected chi connectivity index (χ3v) is 3.81. The van der Waals surface area contributed by atoms with Gasteiger partial charge in [0.05, 0.1) is 0 Å². The molecule has 0 N–H and O–H groups in total. The molecule has 0 aromatic carbocycles. The molecule has 14 heavy (non-hydrogen) atoms. The van der Waals surface area contributed by atoms with Crippen LogP contribution in [0.25, 0.3) is 0 Å². The first-order valence-electron chi connectivity index (χ1n) is 6.37. The van der Waals surface area contributed by atoms with E-state index in [1.807, 2.05) is 0 Å². The zero-order chi connectivity index (χ0) is 11.1. The van der Waals surface area contributed by atoms with Crippen LogP contribution < -0.4 is 0 Å². The van der Waals surface area contributed by atoms with Gasteiger partial charge in [-0.15, -0.1) is 0 Å². The van der Waals surface area contributed by atoms with Crippen molar-refractivity contribution in [2.75, 3.05) is 0 Å². The Hall–Kier alpha value is 0. The Balaban J connectivity index is 4.01. The summed E-state index contributed by atoms with van der Waals surface area (Å²) in [6, 6.07) is 0. The monoisotopic (exact) mass is 197 g/mol. The summed E-state index contributed by atoms with van der Waals surface area (Å²) in [5, 5.41) is 0. The molecule has 0 heterocycles. The van der Waals surface area contributed by atoms with Crippen LogP contribution in [-0.2, 0) is 0 Å². The Bertz CT molecular complexity index is 112. The highest BCUT2D eigenvalue weighted by molar-refractivity contribution is 4.96. The molecule has 0 saturated heterocycles. The van der Waals surface area contributed by atoms with E-state index in [1.54, 1.807) is 5.92 Å². The minimum Gasteiger partial charge on any atom is -0.0654 e. The summed E-state index contributed by atoms with van der Waals surface area (Å²) >= 11 is 0. The molecule has 0 heteroatoms. The van der Waals surface area contributed by atoms with E-state index >= 15 is 0 Å². The van der Waals surface area contributed by atoms with Crippen molar-refractivity contribution in [1.29, 1.82) is 0 Å². The molecule has 0 saturated carbocycles. The first-order chi connectivity index (χ1) is 6.54. The maximum Gasteiger partial charge on any atom is -0.0213 e. The number of rotatable bonds is 7. The van der Waals surface area contributed by atoms with Gasteiger partial charge in [0.2, 0.25) is 0 Å². The largest absolute Gasteiger partial charge is 0.0654 e. The van der Waals surface area contributed by atoms with Crippen LogP contribution in [0.2, 0.25) is 0 Å². The number of hydrogen-bond donors (Lipinski definition) is 0. The van der Waals surface area contributed by atoms with Crippen molar-refractivity contribution in [3.63, 3.8) is 0 Å². The van der Waals surface area contributed by atoms with Crippen LogP contribution in [0, 0.1) is 23.7 Å². The highest BCUT2D eigenvalue weighted by Crippen LogP contribution is 2.32. The molecule has 0 bridgehead atoms. The van der Waals surface area contributed by atoms with E-state index in [2.05, 4.69) is 41.5 Å². The number of hydrogen-bond acceptors (Lipinski definition) is 0. The lowest BCUT2D eigenvalue weighted by Gasteiger charge is -2.30. The summed E-state index contributed by atoms with van der Waals surface area (Å²) in [6.07, 6.45) is 5.36. The van der Waals surface area contributed by atoms with E-state index < -0.39 is 0 Å². The lowest BCUT2D eigenvalue weighted by Crippen LogP contribution is -2.20. The van der Waals surface area contributed by atoms with E-state index in [0.29, 0.717) is 0 Å². The molecule has 0 aromatic heterocycles. The van der Waals surface area contributed by atoms with E-state index in [0.717, 1.165) is 17.8 Å². The summed E-state index contributed by atoms with van der Waals surface area (Å²) < 4.78 is 0. The first kappa shape index (κ1) is 14.0. The minimum atomic E-state index is 0.802.